The lowest BCUT2D eigenvalue weighted by Crippen LogP contribution is -2.38. The van der Waals surface area contributed by atoms with E-state index in [1.165, 1.54) is 20.1 Å². The largest absolute Gasteiger partial charge is 0.497 e. The van der Waals surface area contributed by atoms with Crippen LogP contribution in [0.4, 0.5) is 0 Å². The second kappa shape index (κ2) is 4.64. The SMILES string of the molecule is CC(=O)OC1C=COC[C@H]1OC(C)=O. The highest BCUT2D eigenvalue weighted by Crippen LogP contribution is 2.12. The summed E-state index contributed by atoms with van der Waals surface area (Å²) < 4.78 is 14.8. The van der Waals surface area contributed by atoms with Gasteiger partial charge in [-0.1, -0.05) is 0 Å². The minimum atomic E-state index is -0.554. The molecule has 5 nitrogen and oxygen atoms in total. The van der Waals surface area contributed by atoms with Crippen LogP contribution in [0, 0.1) is 0 Å². The van der Waals surface area contributed by atoms with Crippen LogP contribution in [-0.2, 0) is 23.8 Å². The molecule has 78 valence electrons. The molecule has 0 radical (unpaired) electrons. The van der Waals surface area contributed by atoms with Crippen LogP contribution in [-0.4, -0.2) is 30.8 Å². The first-order chi connectivity index (χ1) is 6.59. The van der Waals surface area contributed by atoms with Crippen LogP contribution in [0.15, 0.2) is 12.3 Å². The predicted octanol–water partition coefficient (Wildman–Crippen LogP) is 0.394. The summed E-state index contributed by atoms with van der Waals surface area (Å²) in [4.78, 5) is 21.4. The van der Waals surface area contributed by atoms with E-state index in [-0.39, 0.29) is 6.61 Å². The second-order valence-electron chi connectivity index (χ2n) is 2.88. The Kier molecular flexibility index (Phi) is 3.50. The molecule has 1 aliphatic heterocycles. The number of ether oxygens (including phenoxy) is 3. The van der Waals surface area contributed by atoms with E-state index < -0.39 is 24.1 Å². The second-order valence-corrected chi connectivity index (χ2v) is 2.88. The van der Waals surface area contributed by atoms with Gasteiger partial charge in [0, 0.05) is 13.8 Å². The van der Waals surface area contributed by atoms with Gasteiger partial charge in [-0.2, -0.15) is 0 Å². The summed E-state index contributed by atoms with van der Waals surface area (Å²) in [5.74, 6) is -0.843. The third-order valence-electron chi connectivity index (χ3n) is 1.61. The molecule has 1 heterocycles. The fraction of sp³-hybridized carbons (Fsp3) is 0.556. The zero-order valence-corrected chi connectivity index (χ0v) is 8.06. The van der Waals surface area contributed by atoms with Gasteiger partial charge in [0.05, 0.1) is 6.26 Å². The average molecular weight is 200 g/mol. The minimum absolute atomic E-state index is 0.202. The molecule has 0 saturated carbocycles. The molecule has 1 aliphatic rings. The maximum absolute atomic E-state index is 10.7. The van der Waals surface area contributed by atoms with Gasteiger partial charge >= 0.3 is 11.9 Å². The van der Waals surface area contributed by atoms with Gasteiger partial charge < -0.3 is 14.2 Å². The highest BCUT2D eigenvalue weighted by Gasteiger charge is 2.27. The molecule has 0 aromatic rings. The van der Waals surface area contributed by atoms with Crippen molar-refractivity contribution in [2.24, 2.45) is 0 Å². The van der Waals surface area contributed by atoms with Crippen LogP contribution < -0.4 is 0 Å². The van der Waals surface area contributed by atoms with Crippen molar-refractivity contribution in [2.45, 2.75) is 26.1 Å². The molecule has 0 aromatic carbocycles. The normalized spacial score (nSPS) is 25.0. The van der Waals surface area contributed by atoms with Crippen LogP contribution >= 0.6 is 0 Å². The molecule has 0 fully saturated rings. The van der Waals surface area contributed by atoms with Crippen LogP contribution in [0.1, 0.15) is 13.8 Å². The Hall–Kier alpha value is -1.52. The first-order valence-corrected chi connectivity index (χ1v) is 4.22. The lowest BCUT2D eigenvalue weighted by Gasteiger charge is -2.26. The molecule has 0 bridgehead atoms. The fourth-order valence-corrected chi connectivity index (χ4v) is 1.12. The van der Waals surface area contributed by atoms with Crippen molar-refractivity contribution in [1.82, 2.24) is 0 Å². The number of rotatable bonds is 2. The predicted molar refractivity (Wildman–Crippen MR) is 46.2 cm³/mol. The third kappa shape index (κ3) is 3.08. The molecule has 1 unspecified atom stereocenters. The highest BCUT2D eigenvalue weighted by molar-refractivity contribution is 5.67. The minimum Gasteiger partial charge on any atom is -0.497 e. The van der Waals surface area contributed by atoms with Gasteiger partial charge in [0.1, 0.15) is 6.61 Å². The molecule has 1 rings (SSSR count). The monoisotopic (exact) mass is 200 g/mol. The molecule has 0 aromatic heterocycles. The first-order valence-electron chi connectivity index (χ1n) is 4.22. The molecule has 5 heteroatoms. The Bertz CT molecular complexity index is 258. The zero-order chi connectivity index (χ0) is 10.6. The number of hydrogen-bond donors (Lipinski definition) is 0. The topological polar surface area (TPSA) is 61.8 Å². The summed E-state index contributed by atoms with van der Waals surface area (Å²) in [6.45, 7) is 2.80. The maximum atomic E-state index is 10.7. The highest BCUT2D eigenvalue weighted by atomic mass is 16.6. The van der Waals surface area contributed by atoms with Crippen molar-refractivity contribution in [2.75, 3.05) is 6.61 Å². The molecule has 0 amide bonds. The lowest BCUT2D eigenvalue weighted by molar-refractivity contribution is -0.166. The molecule has 14 heavy (non-hydrogen) atoms. The lowest BCUT2D eigenvalue weighted by atomic mass is 10.2. The number of carbonyl (C=O) groups excluding carboxylic acids is 2. The van der Waals surface area contributed by atoms with E-state index in [2.05, 4.69) is 0 Å². The summed E-state index contributed by atoms with van der Waals surface area (Å²) in [7, 11) is 0. The fourth-order valence-electron chi connectivity index (χ4n) is 1.12. The van der Waals surface area contributed by atoms with E-state index >= 15 is 0 Å². The van der Waals surface area contributed by atoms with E-state index in [9.17, 15) is 9.59 Å². The van der Waals surface area contributed by atoms with Crippen molar-refractivity contribution in [3.05, 3.63) is 12.3 Å². The van der Waals surface area contributed by atoms with Gasteiger partial charge in [-0.05, 0) is 6.08 Å². The first kappa shape index (κ1) is 10.6. The van der Waals surface area contributed by atoms with E-state index in [0.717, 1.165) is 0 Å². The van der Waals surface area contributed by atoms with Gasteiger partial charge in [-0.15, -0.1) is 0 Å². The van der Waals surface area contributed by atoms with Crippen LogP contribution in [0.3, 0.4) is 0 Å². The van der Waals surface area contributed by atoms with E-state index in [0.29, 0.717) is 0 Å². The summed E-state index contributed by atoms with van der Waals surface area (Å²) in [6, 6.07) is 0. The molecular formula is C9H12O5. The Morgan fingerprint density at radius 3 is 2.50 bits per heavy atom. The zero-order valence-electron chi connectivity index (χ0n) is 8.06. The van der Waals surface area contributed by atoms with Gasteiger partial charge in [0.25, 0.3) is 0 Å². The van der Waals surface area contributed by atoms with Gasteiger partial charge in [0.15, 0.2) is 12.2 Å². The Balaban J connectivity index is 2.57. The molecule has 0 spiro atoms. The van der Waals surface area contributed by atoms with Crippen molar-refractivity contribution in [3.8, 4) is 0 Å². The van der Waals surface area contributed by atoms with E-state index in [1.54, 1.807) is 6.08 Å². The van der Waals surface area contributed by atoms with Crippen LogP contribution in [0.2, 0.25) is 0 Å². The van der Waals surface area contributed by atoms with Crippen molar-refractivity contribution < 1.29 is 23.8 Å². The van der Waals surface area contributed by atoms with Crippen LogP contribution in [0.5, 0.6) is 0 Å². The van der Waals surface area contributed by atoms with E-state index in [4.69, 9.17) is 14.2 Å². The van der Waals surface area contributed by atoms with Gasteiger partial charge in [0.2, 0.25) is 0 Å². The van der Waals surface area contributed by atoms with Crippen LogP contribution in [0.25, 0.3) is 0 Å². The average Bonchev–Trinajstić information content (AvgIpc) is 2.06. The molecular weight excluding hydrogens is 188 g/mol. The summed E-state index contributed by atoms with van der Waals surface area (Å²) in [5.41, 5.74) is 0. The smallest absolute Gasteiger partial charge is 0.303 e. The molecule has 0 N–H and O–H groups in total. The summed E-state index contributed by atoms with van der Waals surface area (Å²) >= 11 is 0. The van der Waals surface area contributed by atoms with Crippen molar-refractivity contribution >= 4 is 11.9 Å². The summed E-state index contributed by atoms with van der Waals surface area (Å²) in [6.07, 6.45) is 1.86. The number of hydrogen-bond acceptors (Lipinski definition) is 5. The van der Waals surface area contributed by atoms with Crippen molar-refractivity contribution in [3.63, 3.8) is 0 Å². The Labute approximate surface area is 81.6 Å². The number of esters is 2. The van der Waals surface area contributed by atoms with Gasteiger partial charge in [-0.3, -0.25) is 9.59 Å². The Morgan fingerprint density at radius 2 is 1.93 bits per heavy atom. The standard InChI is InChI=1S/C9H12O5/c1-6(10)13-8-3-4-12-5-9(8)14-7(2)11/h3-4,8-9H,5H2,1-2H3/t8?,9-/m1/s1. The molecule has 0 aliphatic carbocycles. The quantitative estimate of drug-likeness (QED) is 0.603. The Morgan fingerprint density at radius 1 is 1.29 bits per heavy atom. The van der Waals surface area contributed by atoms with Gasteiger partial charge in [-0.25, -0.2) is 0 Å². The van der Waals surface area contributed by atoms with E-state index in [1.807, 2.05) is 0 Å². The maximum Gasteiger partial charge on any atom is 0.303 e. The summed E-state index contributed by atoms with van der Waals surface area (Å²) in [5, 5.41) is 0. The molecule has 2 atom stereocenters. The van der Waals surface area contributed by atoms with Crippen molar-refractivity contribution in [1.29, 1.82) is 0 Å². The number of carbonyl (C=O) groups is 2. The molecule has 0 saturated heterocycles. The third-order valence-corrected chi connectivity index (χ3v) is 1.61.